The SMILES string of the molecule is Cc1cccc(C(=O)NC(NC(=S)Nc2cccc3ccccc23)C(Cl)(Cl)Cl)c1. The van der Waals surface area contributed by atoms with Crippen molar-refractivity contribution in [1.29, 1.82) is 0 Å². The maximum absolute atomic E-state index is 12.6. The van der Waals surface area contributed by atoms with E-state index in [0.29, 0.717) is 5.56 Å². The smallest absolute Gasteiger partial charge is 0.252 e. The van der Waals surface area contributed by atoms with Crippen LogP contribution in [-0.4, -0.2) is 21.0 Å². The molecule has 3 aromatic rings. The quantitative estimate of drug-likeness (QED) is 0.268. The second-order valence-corrected chi connectivity index (χ2v) is 9.22. The van der Waals surface area contributed by atoms with Crippen molar-refractivity contribution in [1.82, 2.24) is 10.6 Å². The van der Waals surface area contributed by atoms with Crippen LogP contribution < -0.4 is 16.0 Å². The van der Waals surface area contributed by atoms with Crippen molar-refractivity contribution in [3.8, 4) is 0 Å². The summed E-state index contributed by atoms with van der Waals surface area (Å²) in [7, 11) is 0. The summed E-state index contributed by atoms with van der Waals surface area (Å²) in [5.41, 5.74) is 2.21. The summed E-state index contributed by atoms with van der Waals surface area (Å²) in [5.74, 6) is -0.384. The van der Waals surface area contributed by atoms with E-state index in [2.05, 4.69) is 16.0 Å². The Morgan fingerprint density at radius 1 is 0.966 bits per heavy atom. The molecule has 0 bridgehead atoms. The molecular weight excluding hydrogens is 449 g/mol. The van der Waals surface area contributed by atoms with Gasteiger partial charge in [-0.15, -0.1) is 0 Å². The lowest BCUT2D eigenvalue weighted by Crippen LogP contribution is -2.56. The highest BCUT2D eigenvalue weighted by Gasteiger charge is 2.35. The van der Waals surface area contributed by atoms with E-state index in [1.165, 1.54) is 0 Å². The van der Waals surface area contributed by atoms with Crippen LogP contribution in [0.15, 0.2) is 66.7 Å². The molecule has 1 amide bonds. The van der Waals surface area contributed by atoms with Gasteiger partial charge in [0.25, 0.3) is 5.91 Å². The average molecular weight is 467 g/mol. The van der Waals surface area contributed by atoms with E-state index in [1.807, 2.05) is 55.5 Å². The maximum Gasteiger partial charge on any atom is 0.252 e. The molecule has 1 unspecified atom stereocenters. The Hall–Kier alpha value is -2.05. The van der Waals surface area contributed by atoms with Gasteiger partial charge in [-0.1, -0.05) is 88.9 Å². The fourth-order valence-electron chi connectivity index (χ4n) is 2.82. The van der Waals surface area contributed by atoms with Gasteiger partial charge in [0, 0.05) is 16.6 Å². The molecule has 0 saturated carbocycles. The Labute approximate surface area is 189 Å². The molecule has 0 spiro atoms. The van der Waals surface area contributed by atoms with Crippen molar-refractivity contribution in [2.75, 3.05) is 5.32 Å². The molecule has 3 rings (SSSR count). The minimum absolute atomic E-state index is 0.210. The predicted molar refractivity (Wildman–Crippen MR) is 126 cm³/mol. The second kappa shape index (κ2) is 9.18. The van der Waals surface area contributed by atoms with Gasteiger partial charge in [0.05, 0.1) is 0 Å². The van der Waals surface area contributed by atoms with Crippen molar-refractivity contribution >= 4 is 74.5 Å². The predicted octanol–water partition coefficient (Wildman–Crippen LogP) is 5.56. The highest BCUT2D eigenvalue weighted by Crippen LogP contribution is 2.29. The lowest BCUT2D eigenvalue weighted by Gasteiger charge is -2.28. The monoisotopic (exact) mass is 465 g/mol. The zero-order chi connectivity index (χ0) is 21.0. The lowest BCUT2D eigenvalue weighted by atomic mass is 10.1. The number of carbonyl (C=O) groups excluding carboxylic acids is 1. The molecule has 0 aromatic heterocycles. The third-order valence-corrected chi connectivity index (χ3v) is 5.07. The number of anilines is 1. The molecule has 0 aliphatic carbocycles. The molecular formula is C21H18Cl3N3OS. The molecule has 8 heteroatoms. The van der Waals surface area contributed by atoms with Gasteiger partial charge in [0.2, 0.25) is 3.79 Å². The van der Waals surface area contributed by atoms with E-state index in [1.54, 1.807) is 18.2 Å². The number of rotatable bonds is 4. The molecule has 0 aliphatic heterocycles. The zero-order valence-electron chi connectivity index (χ0n) is 15.4. The van der Waals surface area contributed by atoms with E-state index in [4.69, 9.17) is 47.0 Å². The highest BCUT2D eigenvalue weighted by molar-refractivity contribution is 7.80. The third kappa shape index (κ3) is 5.73. The Kier molecular flexibility index (Phi) is 6.85. The Balaban J connectivity index is 1.74. The summed E-state index contributed by atoms with van der Waals surface area (Å²) in [5, 5.41) is 10.9. The van der Waals surface area contributed by atoms with Crippen LogP contribution in [0.25, 0.3) is 10.8 Å². The van der Waals surface area contributed by atoms with E-state index < -0.39 is 9.96 Å². The van der Waals surface area contributed by atoms with E-state index >= 15 is 0 Å². The van der Waals surface area contributed by atoms with Crippen LogP contribution in [0, 0.1) is 6.92 Å². The summed E-state index contributed by atoms with van der Waals surface area (Å²) in [4.78, 5) is 12.6. The van der Waals surface area contributed by atoms with Gasteiger partial charge in [-0.2, -0.15) is 0 Å². The van der Waals surface area contributed by atoms with Crippen LogP contribution in [0.2, 0.25) is 0 Å². The number of aryl methyl sites for hydroxylation is 1. The summed E-state index contributed by atoms with van der Waals surface area (Å²) < 4.78 is -1.83. The van der Waals surface area contributed by atoms with Gasteiger partial charge in [0.15, 0.2) is 5.11 Å². The number of benzene rings is 3. The topological polar surface area (TPSA) is 53.2 Å². The zero-order valence-corrected chi connectivity index (χ0v) is 18.5. The number of hydrogen-bond donors (Lipinski definition) is 3. The van der Waals surface area contributed by atoms with Crippen molar-refractivity contribution in [3.05, 3.63) is 77.9 Å². The molecule has 0 heterocycles. The minimum atomic E-state index is -1.83. The molecule has 0 fully saturated rings. The molecule has 29 heavy (non-hydrogen) atoms. The van der Waals surface area contributed by atoms with E-state index in [-0.39, 0.29) is 11.0 Å². The molecule has 0 aliphatic rings. The number of thiocarbonyl (C=S) groups is 1. The van der Waals surface area contributed by atoms with Crippen molar-refractivity contribution in [3.63, 3.8) is 0 Å². The standard InChI is InChI=1S/C21H18Cl3N3OS/c1-13-6-4-9-15(12-13)18(28)26-19(21(22,23)24)27-20(29)25-17-11-5-8-14-7-2-3-10-16(14)17/h2-12,19H,1H3,(H,26,28)(H2,25,27,29). The molecule has 0 radical (unpaired) electrons. The number of carbonyl (C=O) groups is 1. The lowest BCUT2D eigenvalue weighted by molar-refractivity contribution is 0.0934. The number of halogens is 3. The first-order valence-electron chi connectivity index (χ1n) is 8.73. The first kappa shape index (κ1) is 21.7. The fraction of sp³-hybridized carbons (Fsp3) is 0.143. The largest absolute Gasteiger partial charge is 0.339 e. The molecule has 4 nitrogen and oxygen atoms in total. The number of alkyl halides is 3. The maximum atomic E-state index is 12.6. The summed E-state index contributed by atoms with van der Waals surface area (Å²) in [6.07, 6.45) is -1.05. The molecule has 3 aromatic carbocycles. The Morgan fingerprint density at radius 2 is 1.66 bits per heavy atom. The Morgan fingerprint density at radius 3 is 2.38 bits per heavy atom. The van der Waals surface area contributed by atoms with Crippen molar-refractivity contribution < 1.29 is 4.79 Å². The first-order chi connectivity index (χ1) is 13.7. The minimum Gasteiger partial charge on any atom is -0.339 e. The van der Waals surface area contributed by atoms with E-state index in [9.17, 15) is 4.79 Å². The summed E-state index contributed by atoms with van der Waals surface area (Å²) in [6.45, 7) is 1.89. The number of nitrogens with one attached hydrogen (secondary N) is 3. The van der Waals surface area contributed by atoms with Gasteiger partial charge in [-0.05, 0) is 42.7 Å². The average Bonchev–Trinajstić information content (AvgIpc) is 2.67. The van der Waals surface area contributed by atoms with Gasteiger partial charge in [-0.25, -0.2) is 0 Å². The van der Waals surface area contributed by atoms with Gasteiger partial charge in [0.1, 0.15) is 6.17 Å². The van der Waals surface area contributed by atoms with E-state index in [0.717, 1.165) is 22.0 Å². The van der Waals surface area contributed by atoms with Crippen LogP contribution in [0.4, 0.5) is 5.69 Å². The number of amides is 1. The molecule has 1 atom stereocenters. The number of hydrogen-bond acceptors (Lipinski definition) is 2. The second-order valence-electron chi connectivity index (χ2n) is 6.44. The summed E-state index contributed by atoms with van der Waals surface area (Å²) >= 11 is 23.6. The van der Waals surface area contributed by atoms with Crippen LogP contribution >= 0.6 is 47.0 Å². The van der Waals surface area contributed by atoms with Crippen LogP contribution in [-0.2, 0) is 0 Å². The first-order valence-corrected chi connectivity index (χ1v) is 10.3. The number of fused-ring (bicyclic) bond motifs is 1. The van der Waals surface area contributed by atoms with Gasteiger partial charge >= 0.3 is 0 Å². The molecule has 0 saturated heterocycles. The fourth-order valence-corrected chi connectivity index (χ4v) is 3.38. The van der Waals surface area contributed by atoms with Crippen LogP contribution in [0.5, 0.6) is 0 Å². The summed E-state index contributed by atoms with van der Waals surface area (Å²) in [6, 6.07) is 20.8. The van der Waals surface area contributed by atoms with Crippen LogP contribution in [0.1, 0.15) is 15.9 Å². The van der Waals surface area contributed by atoms with Crippen molar-refractivity contribution in [2.45, 2.75) is 16.9 Å². The molecule has 3 N–H and O–H groups in total. The van der Waals surface area contributed by atoms with Gasteiger partial charge < -0.3 is 16.0 Å². The highest BCUT2D eigenvalue weighted by atomic mass is 35.6. The normalized spacial score (nSPS) is 12.3. The Bertz CT molecular complexity index is 1050. The third-order valence-electron chi connectivity index (χ3n) is 4.20. The van der Waals surface area contributed by atoms with Gasteiger partial charge in [-0.3, -0.25) is 4.79 Å². The molecule has 150 valence electrons. The van der Waals surface area contributed by atoms with Crippen LogP contribution in [0.3, 0.4) is 0 Å². The van der Waals surface area contributed by atoms with Crippen molar-refractivity contribution in [2.24, 2.45) is 0 Å².